The zero-order valence-corrected chi connectivity index (χ0v) is 11.0. The van der Waals surface area contributed by atoms with Crippen molar-refractivity contribution < 1.29 is 4.74 Å². The second-order valence-corrected chi connectivity index (χ2v) is 9.94. The van der Waals surface area contributed by atoms with Gasteiger partial charge in [-0.2, -0.15) is 0 Å². The highest BCUT2D eigenvalue weighted by Crippen LogP contribution is 2.35. The Morgan fingerprint density at radius 2 is 1.73 bits per heavy atom. The van der Waals surface area contributed by atoms with E-state index in [-0.39, 0.29) is 0 Å². The first-order valence-corrected chi connectivity index (χ1v) is 8.82. The van der Waals surface area contributed by atoms with E-state index in [4.69, 9.17) is 4.74 Å². The summed E-state index contributed by atoms with van der Waals surface area (Å²) in [6.45, 7) is 9.32. The van der Waals surface area contributed by atoms with Crippen molar-refractivity contribution in [2.24, 2.45) is 5.92 Å². The molecule has 82 valence electrons. The molecule has 0 amide bonds. The Morgan fingerprint density at radius 1 is 1.13 bits per heavy atom. The van der Waals surface area contributed by atoms with Gasteiger partial charge in [-0.15, -0.1) is 0 Å². The number of ether oxygens (including phenoxy) is 1. The molecule has 0 saturated carbocycles. The highest BCUT2D eigenvalue weighted by Gasteiger charge is 2.52. The van der Waals surface area contributed by atoms with Crippen molar-refractivity contribution in [3.8, 4) is 0 Å². The van der Waals surface area contributed by atoms with Gasteiger partial charge in [0.05, 0.1) is 11.8 Å². The van der Waals surface area contributed by atoms with Gasteiger partial charge in [0, 0.05) is 0 Å². The summed E-state index contributed by atoms with van der Waals surface area (Å²) in [5.74, 6) is 0.658. The van der Waals surface area contributed by atoms with Gasteiger partial charge >= 0.3 is 0 Å². The molecule has 0 N–H and O–H groups in total. The maximum Gasteiger partial charge on any atom is 0.116 e. The lowest BCUT2D eigenvalue weighted by atomic mass is 10.1. The molecule has 0 unspecified atom stereocenters. The first-order chi connectivity index (χ1) is 7.03. The topological polar surface area (TPSA) is 12.5 Å². The number of epoxide rings is 1. The maximum absolute atomic E-state index is 5.86. The zero-order valence-electron chi connectivity index (χ0n) is 10.0. The molecule has 2 rings (SSSR count). The van der Waals surface area contributed by atoms with E-state index in [2.05, 4.69) is 57.3 Å². The maximum atomic E-state index is 5.86. The molecule has 1 aliphatic rings. The zero-order chi connectivity index (χ0) is 11.1. The first kappa shape index (κ1) is 10.9. The molecular weight excluding hydrogens is 200 g/mol. The number of benzene rings is 1. The minimum atomic E-state index is -1.39. The SMILES string of the molecule is CC(C)[C@H]1O[C@H]1[Si](C)(C)c1ccccc1. The van der Waals surface area contributed by atoms with E-state index >= 15 is 0 Å². The minimum Gasteiger partial charge on any atom is -0.373 e. The van der Waals surface area contributed by atoms with Crippen molar-refractivity contribution in [1.82, 2.24) is 0 Å². The summed E-state index contributed by atoms with van der Waals surface area (Å²) >= 11 is 0. The first-order valence-electron chi connectivity index (χ1n) is 5.74. The largest absolute Gasteiger partial charge is 0.373 e. The summed E-state index contributed by atoms with van der Waals surface area (Å²) in [5.41, 5.74) is 0.528. The van der Waals surface area contributed by atoms with Crippen LogP contribution in [0.3, 0.4) is 0 Å². The van der Waals surface area contributed by atoms with Gasteiger partial charge in [0.1, 0.15) is 8.07 Å². The molecule has 0 bridgehead atoms. The van der Waals surface area contributed by atoms with E-state index in [0.29, 0.717) is 17.7 Å². The van der Waals surface area contributed by atoms with Crippen LogP contribution in [-0.2, 0) is 4.74 Å². The van der Waals surface area contributed by atoms with Crippen LogP contribution in [0.1, 0.15) is 13.8 Å². The third-order valence-corrected chi connectivity index (χ3v) is 7.12. The summed E-state index contributed by atoms with van der Waals surface area (Å²) in [7, 11) is -1.39. The number of hydrogen-bond donors (Lipinski definition) is 0. The lowest BCUT2D eigenvalue weighted by Crippen LogP contribution is -2.48. The standard InChI is InChI=1S/C13H20OSi/c1-10(2)12-13(14-12)15(3,4)11-8-6-5-7-9-11/h5-10,12-13H,1-4H3/t12-,13+/m1/s1. The Balaban J connectivity index is 2.15. The van der Waals surface area contributed by atoms with Gasteiger partial charge in [0.2, 0.25) is 0 Å². The quantitative estimate of drug-likeness (QED) is 0.563. The summed E-state index contributed by atoms with van der Waals surface area (Å²) in [4.78, 5) is 0. The van der Waals surface area contributed by atoms with E-state index in [1.165, 1.54) is 5.19 Å². The Labute approximate surface area is 93.5 Å². The second kappa shape index (κ2) is 3.76. The molecule has 1 aromatic rings. The fraction of sp³-hybridized carbons (Fsp3) is 0.538. The van der Waals surface area contributed by atoms with Gasteiger partial charge in [0.25, 0.3) is 0 Å². The predicted molar refractivity (Wildman–Crippen MR) is 67.1 cm³/mol. The van der Waals surface area contributed by atoms with Crippen LogP contribution < -0.4 is 5.19 Å². The molecular formula is C13H20OSi. The Kier molecular flexibility index (Phi) is 2.73. The van der Waals surface area contributed by atoms with E-state index in [1.54, 1.807) is 0 Å². The van der Waals surface area contributed by atoms with Gasteiger partial charge in [-0.05, 0) is 5.92 Å². The monoisotopic (exact) mass is 220 g/mol. The van der Waals surface area contributed by atoms with E-state index < -0.39 is 8.07 Å². The van der Waals surface area contributed by atoms with Crippen LogP contribution in [0.5, 0.6) is 0 Å². The molecule has 0 spiro atoms. The highest BCUT2D eigenvalue weighted by molar-refractivity contribution is 6.91. The third kappa shape index (κ3) is 2.01. The van der Waals surface area contributed by atoms with Crippen LogP contribution in [0.4, 0.5) is 0 Å². The van der Waals surface area contributed by atoms with Gasteiger partial charge in [-0.1, -0.05) is 62.5 Å². The van der Waals surface area contributed by atoms with Crippen LogP contribution >= 0.6 is 0 Å². The van der Waals surface area contributed by atoms with Crippen LogP contribution in [-0.4, -0.2) is 19.9 Å². The molecule has 0 aromatic heterocycles. The Bertz CT molecular complexity index is 332. The van der Waals surface area contributed by atoms with E-state index in [0.717, 1.165) is 0 Å². The average Bonchev–Trinajstić information content (AvgIpc) is 2.99. The van der Waals surface area contributed by atoms with Crippen LogP contribution in [0.2, 0.25) is 13.1 Å². The summed E-state index contributed by atoms with van der Waals surface area (Å²) in [6, 6.07) is 10.9. The second-order valence-electron chi connectivity index (χ2n) is 5.35. The average molecular weight is 220 g/mol. The fourth-order valence-corrected chi connectivity index (χ4v) is 5.33. The molecule has 15 heavy (non-hydrogen) atoms. The van der Waals surface area contributed by atoms with Crippen molar-refractivity contribution in [1.29, 1.82) is 0 Å². The van der Waals surface area contributed by atoms with Crippen molar-refractivity contribution >= 4 is 13.3 Å². The number of rotatable bonds is 3. The van der Waals surface area contributed by atoms with Crippen LogP contribution in [0.25, 0.3) is 0 Å². The third-order valence-electron chi connectivity index (χ3n) is 3.41. The summed E-state index contributed by atoms with van der Waals surface area (Å²) in [5, 5.41) is 1.51. The molecule has 0 radical (unpaired) electrons. The molecule has 1 nitrogen and oxygen atoms in total. The highest BCUT2D eigenvalue weighted by atomic mass is 28.3. The Hall–Kier alpha value is -0.603. The lowest BCUT2D eigenvalue weighted by molar-refractivity contribution is 0.348. The lowest BCUT2D eigenvalue weighted by Gasteiger charge is -2.20. The van der Waals surface area contributed by atoms with Crippen molar-refractivity contribution in [2.75, 3.05) is 0 Å². The van der Waals surface area contributed by atoms with Gasteiger partial charge < -0.3 is 4.74 Å². The van der Waals surface area contributed by atoms with Crippen molar-refractivity contribution in [2.45, 2.75) is 38.8 Å². The van der Waals surface area contributed by atoms with Crippen molar-refractivity contribution in [3.05, 3.63) is 30.3 Å². The van der Waals surface area contributed by atoms with Gasteiger partial charge in [0.15, 0.2) is 0 Å². The summed E-state index contributed by atoms with van der Waals surface area (Å²) < 4.78 is 5.86. The molecule has 2 atom stereocenters. The number of hydrogen-bond acceptors (Lipinski definition) is 1. The van der Waals surface area contributed by atoms with Crippen molar-refractivity contribution in [3.63, 3.8) is 0 Å². The minimum absolute atomic E-state index is 0.506. The summed E-state index contributed by atoms with van der Waals surface area (Å²) in [6.07, 6.45) is 0.506. The molecule has 1 saturated heterocycles. The van der Waals surface area contributed by atoms with E-state index in [1.807, 2.05) is 0 Å². The molecule has 0 aliphatic carbocycles. The normalized spacial score (nSPS) is 25.7. The van der Waals surface area contributed by atoms with Gasteiger partial charge in [-0.25, -0.2) is 0 Å². The molecule has 1 fully saturated rings. The predicted octanol–water partition coefficient (Wildman–Crippen LogP) is 2.56. The molecule has 1 aliphatic heterocycles. The molecule has 1 aromatic carbocycles. The molecule has 2 heteroatoms. The van der Waals surface area contributed by atoms with Crippen LogP contribution in [0, 0.1) is 5.92 Å². The molecule has 1 heterocycles. The Morgan fingerprint density at radius 3 is 2.20 bits per heavy atom. The van der Waals surface area contributed by atoms with Gasteiger partial charge in [-0.3, -0.25) is 0 Å². The smallest absolute Gasteiger partial charge is 0.116 e. The van der Waals surface area contributed by atoms with Crippen LogP contribution in [0.15, 0.2) is 30.3 Å². The van der Waals surface area contributed by atoms with E-state index in [9.17, 15) is 0 Å². The fourth-order valence-electron chi connectivity index (χ4n) is 2.24.